The van der Waals surface area contributed by atoms with Crippen molar-refractivity contribution in [3.05, 3.63) is 30.3 Å². The summed E-state index contributed by atoms with van der Waals surface area (Å²) in [6.45, 7) is 5.08. The van der Waals surface area contributed by atoms with Crippen LogP contribution in [0.5, 0.6) is 0 Å². The monoisotopic (exact) mass is 271 g/mol. The maximum absolute atomic E-state index is 11.8. The molecular formula is C13H21NO3S. The van der Waals surface area contributed by atoms with E-state index in [9.17, 15) is 8.42 Å². The minimum Gasteiger partial charge on any atom is -0.379 e. The Morgan fingerprint density at radius 3 is 2.44 bits per heavy atom. The van der Waals surface area contributed by atoms with Crippen LogP contribution in [0.2, 0.25) is 0 Å². The van der Waals surface area contributed by atoms with E-state index in [-0.39, 0.29) is 6.10 Å². The molecule has 0 saturated carbocycles. The summed E-state index contributed by atoms with van der Waals surface area (Å²) < 4.78 is 31.6. The number of nitrogens with one attached hydrogen (secondary N) is 1. The molecule has 0 unspecified atom stereocenters. The zero-order valence-corrected chi connectivity index (χ0v) is 11.7. The van der Waals surface area contributed by atoms with E-state index in [1.807, 2.05) is 13.8 Å². The van der Waals surface area contributed by atoms with Crippen LogP contribution in [0.15, 0.2) is 35.2 Å². The number of rotatable bonds is 8. The number of benzene rings is 1. The largest absolute Gasteiger partial charge is 0.379 e. The van der Waals surface area contributed by atoms with Gasteiger partial charge in [0.05, 0.1) is 11.0 Å². The first-order valence-electron chi connectivity index (χ1n) is 6.18. The number of ether oxygens (including phenoxy) is 1. The third-order valence-corrected chi connectivity index (χ3v) is 3.84. The van der Waals surface area contributed by atoms with Crippen LogP contribution in [0, 0.1) is 0 Å². The highest BCUT2D eigenvalue weighted by atomic mass is 32.2. The lowest BCUT2D eigenvalue weighted by atomic mass is 10.3. The standard InChI is InChI=1S/C13H21NO3S/c1-12(2)17-11-7-6-10-14-18(15,16)13-8-4-3-5-9-13/h3-5,8-9,12,14H,6-7,10-11H2,1-2H3. The number of hydrogen-bond donors (Lipinski definition) is 1. The minimum absolute atomic E-state index is 0.228. The van der Waals surface area contributed by atoms with Crippen LogP contribution in [0.3, 0.4) is 0 Å². The Balaban J connectivity index is 2.27. The first kappa shape index (κ1) is 15.1. The molecule has 0 spiro atoms. The third kappa shape index (κ3) is 5.62. The van der Waals surface area contributed by atoms with E-state index in [1.54, 1.807) is 30.3 Å². The average molecular weight is 271 g/mol. The number of sulfonamides is 1. The summed E-state index contributed by atoms with van der Waals surface area (Å²) in [5.74, 6) is 0. The summed E-state index contributed by atoms with van der Waals surface area (Å²) in [6, 6.07) is 8.40. The lowest BCUT2D eigenvalue weighted by molar-refractivity contribution is 0.0762. The van der Waals surface area contributed by atoms with E-state index < -0.39 is 10.0 Å². The maximum atomic E-state index is 11.8. The fraction of sp³-hybridized carbons (Fsp3) is 0.538. The van der Waals surface area contributed by atoms with Gasteiger partial charge in [0.25, 0.3) is 0 Å². The zero-order chi connectivity index (χ0) is 13.4. The van der Waals surface area contributed by atoms with Crippen LogP contribution >= 0.6 is 0 Å². The summed E-state index contributed by atoms with van der Waals surface area (Å²) in [5.41, 5.74) is 0. The molecule has 1 aromatic rings. The highest BCUT2D eigenvalue weighted by Crippen LogP contribution is 2.06. The van der Waals surface area contributed by atoms with Crippen molar-refractivity contribution in [2.24, 2.45) is 0 Å². The topological polar surface area (TPSA) is 55.4 Å². The quantitative estimate of drug-likeness (QED) is 0.737. The molecule has 102 valence electrons. The predicted molar refractivity (Wildman–Crippen MR) is 72.0 cm³/mol. The summed E-state index contributed by atoms with van der Waals surface area (Å²) >= 11 is 0. The Morgan fingerprint density at radius 2 is 1.83 bits per heavy atom. The number of unbranched alkanes of at least 4 members (excludes halogenated alkanes) is 1. The van der Waals surface area contributed by atoms with Crippen molar-refractivity contribution in [3.8, 4) is 0 Å². The van der Waals surface area contributed by atoms with Gasteiger partial charge in [-0.15, -0.1) is 0 Å². The molecule has 1 rings (SSSR count). The molecule has 0 aliphatic carbocycles. The van der Waals surface area contributed by atoms with E-state index in [0.29, 0.717) is 18.0 Å². The van der Waals surface area contributed by atoms with Crippen LogP contribution in [-0.2, 0) is 14.8 Å². The molecule has 4 nitrogen and oxygen atoms in total. The molecule has 1 aromatic carbocycles. The highest BCUT2D eigenvalue weighted by molar-refractivity contribution is 7.89. The van der Waals surface area contributed by atoms with Crippen molar-refractivity contribution < 1.29 is 13.2 Å². The van der Waals surface area contributed by atoms with Crippen molar-refractivity contribution in [3.63, 3.8) is 0 Å². The molecule has 0 atom stereocenters. The molecule has 0 saturated heterocycles. The van der Waals surface area contributed by atoms with Gasteiger partial charge in [0.1, 0.15) is 0 Å². The van der Waals surface area contributed by atoms with Crippen molar-refractivity contribution >= 4 is 10.0 Å². The molecular weight excluding hydrogens is 250 g/mol. The first-order valence-corrected chi connectivity index (χ1v) is 7.67. The molecule has 0 aliphatic heterocycles. The Kier molecular flexibility index (Phi) is 6.32. The fourth-order valence-electron chi connectivity index (χ4n) is 1.44. The van der Waals surface area contributed by atoms with Gasteiger partial charge in [-0.05, 0) is 38.8 Å². The SMILES string of the molecule is CC(C)OCCCCNS(=O)(=O)c1ccccc1. The van der Waals surface area contributed by atoms with Gasteiger partial charge in [-0.3, -0.25) is 0 Å². The van der Waals surface area contributed by atoms with Crippen LogP contribution in [0.25, 0.3) is 0 Å². The predicted octanol–water partition coefficient (Wildman–Crippen LogP) is 2.17. The van der Waals surface area contributed by atoms with Crippen molar-refractivity contribution in [2.75, 3.05) is 13.2 Å². The molecule has 0 bridgehead atoms. The fourth-order valence-corrected chi connectivity index (χ4v) is 2.53. The minimum atomic E-state index is -3.35. The zero-order valence-electron chi connectivity index (χ0n) is 10.9. The molecule has 0 radical (unpaired) electrons. The molecule has 1 N–H and O–H groups in total. The Labute approximate surface area is 109 Å². The van der Waals surface area contributed by atoms with Gasteiger partial charge in [-0.2, -0.15) is 0 Å². The van der Waals surface area contributed by atoms with Gasteiger partial charge >= 0.3 is 0 Å². The van der Waals surface area contributed by atoms with Gasteiger partial charge < -0.3 is 4.74 Å². The second kappa shape index (κ2) is 7.51. The Hall–Kier alpha value is -0.910. The molecule has 0 fully saturated rings. The molecule has 0 aromatic heterocycles. The molecule has 5 heteroatoms. The van der Waals surface area contributed by atoms with E-state index in [4.69, 9.17) is 4.74 Å². The van der Waals surface area contributed by atoms with Gasteiger partial charge in [-0.1, -0.05) is 18.2 Å². The Bertz CT molecular complexity index is 429. The highest BCUT2D eigenvalue weighted by Gasteiger charge is 2.11. The van der Waals surface area contributed by atoms with E-state index in [2.05, 4.69) is 4.72 Å². The summed E-state index contributed by atoms with van der Waals surface area (Å²) in [7, 11) is -3.35. The molecule has 18 heavy (non-hydrogen) atoms. The summed E-state index contributed by atoms with van der Waals surface area (Å²) in [4.78, 5) is 0.309. The second-order valence-electron chi connectivity index (χ2n) is 4.34. The molecule has 0 aliphatic rings. The van der Waals surface area contributed by atoms with Gasteiger partial charge in [0.2, 0.25) is 10.0 Å². The summed E-state index contributed by atoms with van der Waals surface area (Å²) in [6.07, 6.45) is 1.86. The van der Waals surface area contributed by atoms with E-state index >= 15 is 0 Å². The molecule has 0 heterocycles. The van der Waals surface area contributed by atoms with Crippen LogP contribution < -0.4 is 4.72 Å². The van der Waals surface area contributed by atoms with Crippen LogP contribution in [-0.4, -0.2) is 27.7 Å². The van der Waals surface area contributed by atoms with Gasteiger partial charge in [0.15, 0.2) is 0 Å². The average Bonchev–Trinajstić information content (AvgIpc) is 2.34. The smallest absolute Gasteiger partial charge is 0.240 e. The normalized spacial score (nSPS) is 11.9. The Morgan fingerprint density at radius 1 is 1.17 bits per heavy atom. The van der Waals surface area contributed by atoms with E-state index in [0.717, 1.165) is 12.8 Å². The van der Waals surface area contributed by atoms with Crippen LogP contribution in [0.4, 0.5) is 0 Å². The lowest BCUT2D eigenvalue weighted by Crippen LogP contribution is -2.25. The lowest BCUT2D eigenvalue weighted by Gasteiger charge is -2.08. The van der Waals surface area contributed by atoms with Crippen LogP contribution in [0.1, 0.15) is 26.7 Å². The first-order chi connectivity index (χ1) is 8.52. The van der Waals surface area contributed by atoms with Crippen molar-refractivity contribution in [1.29, 1.82) is 0 Å². The second-order valence-corrected chi connectivity index (χ2v) is 6.10. The third-order valence-electron chi connectivity index (χ3n) is 2.37. The van der Waals surface area contributed by atoms with Gasteiger partial charge in [0, 0.05) is 13.2 Å². The van der Waals surface area contributed by atoms with E-state index in [1.165, 1.54) is 0 Å². The summed E-state index contributed by atoms with van der Waals surface area (Å²) in [5, 5.41) is 0. The molecule has 0 amide bonds. The van der Waals surface area contributed by atoms with Crippen molar-refractivity contribution in [1.82, 2.24) is 4.72 Å². The van der Waals surface area contributed by atoms with Gasteiger partial charge in [-0.25, -0.2) is 13.1 Å². The van der Waals surface area contributed by atoms with Crippen molar-refractivity contribution in [2.45, 2.75) is 37.7 Å². The number of hydrogen-bond acceptors (Lipinski definition) is 3. The maximum Gasteiger partial charge on any atom is 0.240 e.